The minimum absolute atomic E-state index is 0.916. The lowest BCUT2D eigenvalue weighted by Gasteiger charge is -2.15. The van der Waals surface area contributed by atoms with Gasteiger partial charge in [-0.25, -0.2) is 9.97 Å². The van der Waals surface area contributed by atoms with Gasteiger partial charge in [0.15, 0.2) is 0 Å². The average molecular weight is 460 g/mol. The molecule has 0 aliphatic heterocycles. The van der Waals surface area contributed by atoms with Gasteiger partial charge >= 0.3 is 0 Å². The van der Waals surface area contributed by atoms with Crippen LogP contribution < -0.4 is 10.4 Å². The zero-order valence-electron chi connectivity index (χ0n) is 14.1. The van der Waals surface area contributed by atoms with Gasteiger partial charge in [-0.3, -0.25) is 0 Å². The van der Waals surface area contributed by atoms with Crippen LogP contribution in [0.5, 0.6) is 0 Å². The number of nitrogens with zero attached hydrogens (tertiary/aromatic N) is 2. The lowest BCUT2D eigenvalue weighted by Crippen LogP contribution is -2.37. The highest BCUT2D eigenvalue weighted by Crippen LogP contribution is 2.06. The molecule has 0 atom stereocenters. The molecule has 0 saturated carbocycles. The van der Waals surface area contributed by atoms with Crippen molar-refractivity contribution in [3.8, 4) is 0 Å². The molecule has 0 aliphatic rings. The van der Waals surface area contributed by atoms with Crippen LogP contribution in [0.2, 0.25) is 39.3 Å². The highest BCUT2D eigenvalue weighted by molar-refractivity contribution is 9.10. The van der Waals surface area contributed by atoms with Crippen molar-refractivity contribution < 1.29 is 0 Å². The van der Waals surface area contributed by atoms with E-state index in [9.17, 15) is 0 Å². The summed E-state index contributed by atoms with van der Waals surface area (Å²) in [5.41, 5.74) is 0. The highest BCUT2D eigenvalue weighted by Gasteiger charge is 2.16. The molecule has 0 radical (unpaired) electrons. The van der Waals surface area contributed by atoms with Crippen LogP contribution in [-0.2, 0) is 0 Å². The average Bonchev–Trinajstić information content (AvgIpc) is 2.38. The van der Waals surface area contributed by atoms with E-state index in [0.717, 1.165) is 9.21 Å². The number of halogens is 2. The SMILES string of the molecule is C[Si](C)(C)c1ccc(Br)nc1.C[Si](C)(C)c1ccc(Br)nc1. The van der Waals surface area contributed by atoms with Crippen LogP contribution in [0.25, 0.3) is 0 Å². The van der Waals surface area contributed by atoms with E-state index >= 15 is 0 Å². The van der Waals surface area contributed by atoms with Crippen LogP contribution in [0.1, 0.15) is 0 Å². The van der Waals surface area contributed by atoms with Crippen LogP contribution in [-0.4, -0.2) is 26.1 Å². The molecule has 2 aromatic heterocycles. The summed E-state index contributed by atoms with van der Waals surface area (Å²) >= 11 is 6.63. The Bertz CT molecular complexity index is 530. The van der Waals surface area contributed by atoms with E-state index in [-0.39, 0.29) is 0 Å². The number of aromatic nitrogens is 2. The van der Waals surface area contributed by atoms with Gasteiger partial charge in [0.05, 0.1) is 16.1 Å². The number of pyridine rings is 2. The van der Waals surface area contributed by atoms with Crippen LogP contribution in [0.4, 0.5) is 0 Å². The maximum atomic E-state index is 4.20. The molecule has 2 rings (SSSR count). The molecule has 120 valence electrons. The van der Waals surface area contributed by atoms with Crippen molar-refractivity contribution in [2.75, 3.05) is 0 Å². The maximum Gasteiger partial charge on any atom is 0.106 e. The largest absolute Gasteiger partial charge is 0.249 e. The van der Waals surface area contributed by atoms with E-state index in [1.54, 1.807) is 0 Å². The molecule has 22 heavy (non-hydrogen) atoms. The Morgan fingerprint density at radius 2 is 0.955 bits per heavy atom. The molecule has 0 saturated heterocycles. The molecule has 0 fully saturated rings. The molecule has 0 bridgehead atoms. The zero-order valence-corrected chi connectivity index (χ0v) is 19.3. The van der Waals surface area contributed by atoms with Gasteiger partial charge in [0.2, 0.25) is 0 Å². The Balaban J connectivity index is 0.000000220. The van der Waals surface area contributed by atoms with E-state index in [1.165, 1.54) is 10.4 Å². The van der Waals surface area contributed by atoms with Crippen LogP contribution in [0, 0.1) is 0 Å². The Hall–Kier alpha value is -0.306. The van der Waals surface area contributed by atoms with Gasteiger partial charge in [0.25, 0.3) is 0 Å². The van der Waals surface area contributed by atoms with Gasteiger partial charge in [0, 0.05) is 12.4 Å². The molecule has 0 unspecified atom stereocenters. The topological polar surface area (TPSA) is 25.8 Å². The first-order valence-electron chi connectivity index (χ1n) is 7.24. The van der Waals surface area contributed by atoms with Crippen LogP contribution >= 0.6 is 31.9 Å². The second-order valence-corrected chi connectivity index (χ2v) is 19.0. The first kappa shape index (κ1) is 19.7. The molecule has 2 heterocycles. The molecule has 0 aromatic carbocycles. The minimum Gasteiger partial charge on any atom is -0.249 e. The summed E-state index contributed by atoms with van der Waals surface area (Å²) in [4.78, 5) is 8.39. The monoisotopic (exact) mass is 458 g/mol. The summed E-state index contributed by atoms with van der Waals surface area (Å²) in [6.07, 6.45) is 3.94. The summed E-state index contributed by atoms with van der Waals surface area (Å²) in [5, 5.41) is 2.81. The smallest absolute Gasteiger partial charge is 0.106 e. The van der Waals surface area contributed by atoms with E-state index in [4.69, 9.17) is 0 Å². The predicted octanol–water partition coefficient (Wildman–Crippen LogP) is 4.78. The normalized spacial score (nSPS) is 11.6. The van der Waals surface area contributed by atoms with E-state index in [0.29, 0.717) is 0 Å². The first-order chi connectivity index (χ1) is 10.00. The molecular weight excluding hydrogens is 436 g/mol. The third kappa shape index (κ3) is 6.85. The molecule has 0 aliphatic carbocycles. The fourth-order valence-electron chi connectivity index (χ4n) is 1.64. The zero-order chi connectivity index (χ0) is 17.0. The van der Waals surface area contributed by atoms with Gasteiger partial charge in [0.1, 0.15) is 9.21 Å². The van der Waals surface area contributed by atoms with Crippen molar-refractivity contribution in [3.63, 3.8) is 0 Å². The molecule has 2 nitrogen and oxygen atoms in total. The molecule has 0 amide bonds. The third-order valence-corrected chi connectivity index (χ3v) is 8.18. The second kappa shape index (κ2) is 7.99. The highest BCUT2D eigenvalue weighted by atomic mass is 79.9. The fourth-order valence-corrected chi connectivity index (χ4v) is 4.18. The van der Waals surface area contributed by atoms with Gasteiger partial charge in [-0.15, -0.1) is 0 Å². The van der Waals surface area contributed by atoms with Crippen molar-refractivity contribution in [2.24, 2.45) is 0 Å². The van der Waals surface area contributed by atoms with Crippen LogP contribution in [0.3, 0.4) is 0 Å². The summed E-state index contributed by atoms with van der Waals surface area (Å²) < 4.78 is 1.83. The molecule has 0 spiro atoms. The summed E-state index contributed by atoms with van der Waals surface area (Å²) in [5.74, 6) is 0. The maximum absolute atomic E-state index is 4.20. The fraction of sp³-hybridized carbons (Fsp3) is 0.375. The molecule has 2 aromatic rings. The van der Waals surface area contributed by atoms with Gasteiger partial charge < -0.3 is 0 Å². The third-order valence-electron chi connectivity index (χ3n) is 3.19. The number of hydrogen-bond donors (Lipinski definition) is 0. The van der Waals surface area contributed by atoms with E-state index < -0.39 is 16.1 Å². The Morgan fingerprint density at radius 1 is 0.636 bits per heavy atom. The van der Waals surface area contributed by atoms with E-state index in [1.807, 2.05) is 24.5 Å². The lowest BCUT2D eigenvalue weighted by atomic mass is 10.5. The Morgan fingerprint density at radius 3 is 1.14 bits per heavy atom. The van der Waals surface area contributed by atoms with Crippen molar-refractivity contribution in [1.82, 2.24) is 9.97 Å². The van der Waals surface area contributed by atoms with Gasteiger partial charge in [-0.2, -0.15) is 0 Å². The van der Waals surface area contributed by atoms with Crippen molar-refractivity contribution >= 4 is 58.4 Å². The van der Waals surface area contributed by atoms with Gasteiger partial charge in [-0.05, 0) is 54.4 Å². The quantitative estimate of drug-likeness (QED) is 0.477. The van der Waals surface area contributed by atoms with E-state index in [2.05, 4.69) is 93.2 Å². The lowest BCUT2D eigenvalue weighted by molar-refractivity contribution is 1.29. The van der Waals surface area contributed by atoms with Gasteiger partial charge in [-0.1, -0.05) is 51.4 Å². The van der Waals surface area contributed by atoms with Crippen LogP contribution in [0.15, 0.2) is 45.9 Å². The Labute approximate surface area is 153 Å². The van der Waals surface area contributed by atoms with Crippen molar-refractivity contribution in [3.05, 3.63) is 45.9 Å². The first-order valence-corrected chi connectivity index (χ1v) is 15.8. The second-order valence-electron chi connectivity index (χ2n) is 7.24. The summed E-state index contributed by atoms with van der Waals surface area (Å²) in [7, 11) is -2.28. The molecular formula is C16H24Br2N2Si2. The standard InChI is InChI=1S/2C8H12BrNSi/c2*1-11(2,3)7-4-5-8(9)10-6-7/h2*4-6H,1-3H3. The summed E-state index contributed by atoms with van der Waals surface area (Å²) in [6.45, 7) is 13.9. The Kier molecular flexibility index (Phi) is 7.17. The minimum atomic E-state index is -1.14. The van der Waals surface area contributed by atoms with Crippen molar-refractivity contribution in [2.45, 2.75) is 39.3 Å². The number of rotatable bonds is 2. The number of hydrogen-bond acceptors (Lipinski definition) is 2. The predicted molar refractivity (Wildman–Crippen MR) is 110 cm³/mol. The van der Waals surface area contributed by atoms with Crippen molar-refractivity contribution in [1.29, 1.82) is 0 Å². The molecule has 0 N–H and O–H groups in total. The molecule has 6 heteroatoms. The summed E-state index contributed by atoms with van der Waals surface area (Å²) in [6, 6.07) is 8.33.